The Morgan fingerprint density at radius 2 is 2.11 bits per heavy atom. The van der Waals surface area contributed by atoms with Gasteiger partial charge in [0.25, 0.3) is 0 Å². The Hall–Kier alpha value is -1.43. The fraction of sp³-hybridized carbons (Fsp3) is 0.417. The summed E-state index contributed by atoms with van der Waals surface area (Å²) in [4.78, 5) is 11.2. The Kier molecular flexibility index (Phi) is 3.38. The molecule has 1 unspecified atom stereocenters. The normalized spacial score (nSPS) is 21.8. The van der Waals surface area contributed by atoms with E-state index in [1.54, 1.807) is 0 Å². The van der Waals surface area contributed by atoms with Gasteiger partial charge in [0.2, 0.25) is 0 Å². The number of halogens is 1. The molecule has 6 heteroatoms. The van der Waals surface area contributed by atoms with Gasteiger partial charge in [-0.1, -0.05) is 0 Å². The van der Waals surface area contributed by atoms with Gasteiger partial charge in [-0.15, -0.1) is 0 Å². The van der Waals surface area contributed by atoms with E-state index in [0.29, 0.717) is 12.1 Å². The first-order valence-corrected chi connectivity index (χ1v) is 7.46. The number of carbonyl (C=O) groups is 1. The van der Waals surface area contributed by atoms with Crippen LogP contribution in [0.2, 0.25) is 0 Å². The van der Waals surface area contributed by atoms with Crippen LogP contribution in [0.3, 0.4) is 0 Å². The topological polar surface area (TPSA) is 63.2 Å². The maximum atomic E-state index is 13.3. The van der Waals surface area contributed by atoms with Crippen molar-refractivity contribution < 1.29 is 17.6 Å². The lowest BCUT2D eigenvalue weighted by Crippen LogP contribution is -2.20. The van der Waals surface area contributed by atoms with Crippen LogP contribution < -0.4 is 5.32 Å². The van der Waals surface area contributed by atoms with Crippen LogP contribution >= 0.6 is 0 Å². The first-order valence-electron chi connectivity index (χ1n) is 5.64. The molecule has 1 saturated heterocycles. The second-order valence-corrected chi connectivity index (χ2v) is 6.76. The van der Waals surface area contributed by atoms with E-state index in [1.165, 1.54) is 25.1 Å². The highest BCUT2D eigenvalue weighted by Gasteiger charge is 2.27. The van der Waals surface area contributed by atoms with Gasteiger partial charge in [-0.3, -0.25) is 4.79 Å². The summed E-state index contributed by atoms with van der Waals surface area (Å²) in [6, 6.07) is 3.75. The summed E-state index contributed by atoms with van der Waals surface area (Å²) in [5.41, 5.74) is 0.723. The Bertz CT molecular complexity index is 583. The molecule has 1 aliphatic heterocycles. The zero-order valence-corrected chi connectivity index (χ0v) is 10.8. The molecule has 0 spiro atoms. The molecule has 1 N–H and O–H groups in total. The minimum Gasteiger partial charge on any atom is -0.381 e. The third kappa shape index (κ3) is 3.07. The fourth-order valence-electron chi connectivity index (χ4n) is 2.02. The van der Waals surface area contributed by atoms with Gasteiger partial charge < -0.3 is 5.32 Å². The lowest BCUT2D eigenvalue weighted by Gasteiger charge is -2.13. The van der Waals surface area contributed by atoms with Crippen LogP contribution in [-0.4, -0.2) is 31.7 Å². The largest absolute Gasteiger partial charge is 0.381 e. The number of carbonyl (C=O) groups excluding carboxylic acids is 1. The Morgan fingerprint density at radius 1 is 1.39 bits per heavy atom. The minimum atomic E-state index is -2.98. The van der Waals surface area contributed by atoms with Gasteiger partial charge in [0, 0.05) is 17.3 Å². The molecule has 1 fully saturated rings. The van der Waals surface area contributed by atoms with Crippen molar-refractivity contribution in [2.24, 2.45) is 0 Å². The van der Waals surface area contributed by atoms with E-state index in [1.807, 2.05) is 0 Å². The second-order valence-electron chi connectivity index (χ2n) is 4.53. The molecule has 1 aromatic carbocycles. The maximum absolute atomic E-state index is 13.3. The predicted molar refractivity (Wildman–Crippen MR) is 67.1 cm³/mol. The van der Waals surface area contributed by atoms with Crippen molar-refractivity contribution in [1.82, 2.24) is 0 Å². The summed E-state index contributed by atoms with van der Waals surface area (Å²) < 4.78 is 35.9. The van der Waals surface area contributed by atoms with Gasteiger partial charge in [-0.25, -0.2) is 12.8 Å². The van der Waals surface area contributed by atoms with Crippen molar-refractivity contribution in [3.8, 4) is 0 Å². The molecule has 0 amide bonds. The van der Waals surface area contributed by atoms with Crippen LogP contribution in [0.4, 0.5) is 10.1 Å². The second kappa shape index (κ2) is 4.68. The maximum Gasteiger partial charge on any atom is 0.159 e. The molecule has 0 radical (unpaired) electrons. The quantitative estimate of drug-likeness (QED) is 0.849. The molecule has 1 aromatic rings. The molecule has 1 aliphatic rings. The van der Waals surface area contributed by atoms with Crippen LogP contribution in [0.5, 0.6) is 0 Å². The van der Waals surface area contributed by atoms with Crippen molar-refractivity contribution >= 4 is 21.3 Å². The molecule has 2 rings (SSSR count). The standard InChI is InChI=1S/C12H14FNO3S/c1-8(15)9-4-10(13)6-12(5-9)14-11-2-3-18(16,17)7-11/h4-6,11,14H,2-3,7H2,1H3. The van der Waals surface area contributed by atoms with Crippen LogP contribution in [0, 0.1) is 5.82 Å². The van der Waals surface area contributed by atoms with Crippen molar-refractivity contribution in [3.63, 3.8) is 0 Å². The summed E-state index contributed by atoms with van der Waals surface area (Å²) in [6.45, 7) is 1.36. The van der Waals surface area contributed by atoms with Crippen molar-refractivity contribution in [2.45, 2.75) is 19.4 Å². The Labute approximate surface area is 105 Å². The molecule has 4 nitrogen and oxygen atoms in total. The molecule has 1 atom stereocenters. The van der Waals surface area contributed by atoms with E-state index < -0.39 is 15.7 Å². The van der Waals surface area contributed by atoms with Crippen LogP contribution in [-0.2, 0) is 9.84 Å². The van der Waals surface area contributed by atoms with E-state index in [2.05, 4.69) is 5.32 Å². The molecular formula is C12H14FNO3S. The molecular weight excluding hydrogens is 257 g/mol. The summed E-state index contributed by atoms with van der Waals surface area (Å²) in [7, 11) is -2.98. The zero-order valence-electron chi connectivity index (χ0n) is 9.94. The van der Waals surface area contributed by atoms with Gasteiger partial charge >= 0.3 is 0 Å². The van der Waals surface area contributed by atoms with E-state index in [0.717, 1.165) is 0 Å². The summed E-state index contributed by atoms with van der Waals surface area (Å²) in [5, 5.41) is 2.96. The van der Waals surface area contributed by atoms with Crippen LogP contribution in [0.1, 0.15) is 23.7 Å². The van der Waals surface area contributed by atoms with E-state index >= 15 is 0 Å². The molecule has 0 bridgehead atoms. The van der Waals surface area contributed by atoms with Gasteiger partial charge in [0.1, 0.15) is 5.82 Å². The number of hydrogen-bond acceptors (Lipinski definition) is 4. The minimum absolute atomic E-state index is 0.0545. The first kappa shape index (κ1) is 13.0. The molecule has 0 aromatic heterocycles. The van der Waals surface area contributed by atoms with Crippen molar-refractivity contribution in [3.05, 3.63) is 29.6 Å². The SMILES string of the molecule is CC(=O)c1cc(F)cc(NC2CCS(=O)(=O)C2)c1. The molecule has 1 heterocycles. The third-order valence-corrected chi connectivity index (χ3v) is 4.68. The summed E-state index contributed by atoms with van der Waals surface area (Å²) in [6.07, 6.45) is 0.508. The van der Waals surface area contributed by atoms with Gasteiger partial charge in [-0.05, 0) is 31.5 Å². The van der Waals surface area contributed by atoms with Crippen LogP contribution in [0.15, 0.2) is 18.2 Å². The Balaban J connectivity index is 2.17. The number of nitrogens with one attached hydrogen (secondary N) is 1. The average Bonchev–Trinajstić information content (AvgIpc) is 2.57. The smallest absolute Gasteiger partial charge is 0.159 e. The lowest BCUT2D eigenvalue weighted by molar-refractivity contribution is 0.101. The summed E-state index contributed by atoms with van der Waals surface area (Å²) in [5.74, 6) is -0.527. The van der Waals surface area contributed by atoms with Gasteiger partial charge in [-0.2, -0.15) is 0 Å². The number of Topliss-reactive ketones (excluding diaryl/α,β-unsaturated/α-hetero) is 1. The molecule has 18 heavy (non-hydrogen) atoms. The predicted octanol–water partition coefficient (Wildman–Crippen LogP) is 1.63. The van der Waals surface area contributed by atoms with Crippen molar-refractivity contribution in [1.29, 1.82) is 0 Å². The van der Waals surface area contributed by atoms with Crippen LogP contribution in [0.25, 0.3) is 0 Å². The number of rotatable bonds is 3. The monoisotopic (exact) mass is 271 g/mol. The molecule has 98 valence electrons. The highest BCUT2D eigenvalue weighted by Crippen LogP contribution is 2.20. The average molecular weight is 271 g/mol. The Morgan fingerprint density at radius 3 is 2.67 bits per heavy atom. The molecule has 0 aliphatic carbocycles. The first-order chi connectivity index (χ1) is 8.35. The van der Waals surface area contributed by atoms with Crippen molar-refractivity contribution in [2.75, 3.05) is 16.8 Å². The van der Waals surface area contributed by atoms with Gasteiger partial charge in [0.15, 0.2) is 15.6 Å². The van der Waals surface area contributed by atoms with E-state index in [4.69, 9.17) is 0 Å². The number of sulfone groups is 1. The molecule has 0 saturated carbocycles. The third-order valence-electron chi connectivity index (χ3n) is 2.91. The fourth-order valence-corrected chi connectivity index (χ4v) is 3.69. The number of anilines is 1. The van der Waals surface area contributed by atoms with E-state index in [9.17, 15) is 17.6 Å². The number of benzene rings is 1. The summed E-state index contributed by atoms with van der Waals surface area (Å²) >= 11 is 0. The lowest BCUT2D eigenvalue weighted by atomic mass is 10.1. The number of hydrogen-bond donors (Lipinski definition) is 1. The van der Waals surface area contributed by atoms with E-state index in [-0.39, 0.29) is 28.9 Å². The van der Waals surface area contributed by atoms with Gasteiger partial charge in [0.05, 0.1) is 11.5 Å². The number of ketones is 1. The highest BCUT2D eigenvalue weighted by molar-refractivity contribution is 7.91. The highest BCUT2D eigenvalue weighted by atomic mass is 32.2. The zero-order chi connectivity index (χ0) is 13.3.